The Labute approximate surface area is 99.6 Å². The molecule has 1 heterocycles. The predicted octanol–water partition coefficient (Wildman–Crippen LogP) is 4.05. The first kappa shape index (κ1) is 11.2. The smallest absolute Gasteiger partial charge is 0.170 e. The molecular weight excluding hydrogens is 222 g/mol. The molecule has 1 aromatic heterocycles. The zero-order valence-electron chi connectivity index (χ0n) is 9.60. The average Bonchev–Trinajstić information content (AvgIpc) is 2.60. The number of fused-ring (bicyclic) bond motifs is 1. The van der Waals surface area contributed by atoms with Crippen LogP contribution in [0.25, 0.3) is 10.9 Å². The summed E-state index contributed by atoms with van der Waals surface area (Å²) in [6.45, 7) is 5.75. The summed E-state index contributed by atoms with van der Waals surface area (Å²) in [5.41, 5.74) is 1.17. The number of hydrogen-bond donors (Lipinski definition) is 1. The van der Waals surface area contributed by atoms with Crippen LogP contribution in [0.1, 0.15) is 31.1 Å². The highest BCUT2D eigenvalue weighted by Gasteiger charge is 2.25. The molecule has 0 unspecified atom stereocenters. The quantitative estimate of drug-likeness (QED) is 0.744. The molecule has 1 N–H and O–H groups in total. The molecule has 16 heavy (non-hydrogen) atoms. The summed E-state index contributed by atoms with van der Waals surface area (Å²) in [6.07, 6.45) is 1.74. The highest BCUT2D eigenvalue weighted by atomic mass is 35.5. The fourth-order valence-corrected chi connectivity index (χ4v) is 1.94. The summed E-state index contributed by atoms with van der Waals surface area (Å²) in [4.78, 5) is 15.2. The Morgan fingerprint density at radius 1 is 1.31 bits per heavy atom. The summed E-state index contributed by atoms with van der Waals surface area (Å²) >= 11 is 6.05. The minimum atomic E-state index is -0.378. The number of rotatable bonds is 1. The van der Waals surface area contributed by atoms with E-state index in [0.717, 1.165) is 10.9 Å². The number of H-pyrrole nitrogens is 1. The Hall–Kier alpha value is -1.28. The van der Waals surface area contributed by atoms with Crippen LogP contribution in [-0.2, 0) is 0 Å². The van der Waals surface area contributed by atoms with Crippen LogP contribution in [0.4, 0.5) is 0 Å². The number of carbonyl (C=O) groups excluding carboxylic acids is 1. The number of carbonyl (C=O) groups is 1. The number of ketones is 1. The van der Waals surface area contributed by atoms with E-state index >= 15 is 0 Å². The molecule has 1 aromatic carbocycles. The normalized spacial score (nSPS) is 12.0. The standard InChI is InChI=1S/C13H14ClNO/c1-13(2,3)12(16)9-7-15-11-8(9)5-4-6-10(11)14/h4-7,15H,1-3H3. The Bertz CT molecular complexity index is 549. The second-order valence-corrected chi connectivity index (χ2v) is 5.35. The van der Waals surface area contributed by atoms with E-state index in [4.69, 9.17) is 11.6 Å². The number of nitrogens with one attached hydrogen (secondary N) is 1. The van der Waals surface area contributed by atoms with Crippen molar-refractivity contribution in [3.63, 3.8) is 0 Å². The van der Waals surface area contributed by atoms with Crippen LogP contribution in [0, 0.1) is 5.41 Å². The van der Waals surface area contributed by atoms with E-state index in [1.165, 1.54) is 0 Å². The first-order valence-electron chi connectivity index (χ1n) is 5.21. The number of benzene rings is 1. The molecule has 0 saturated heterocycles. The minimum Gasteiger partial charge on any atom is -0.359 e. The van der Waals surface area contributed by atoms with Gasteiger partial charge in [0.05, 0.1) is 10.5 Å². The van der Waals surface area contributed by atoms with Crippen LogP contribution in [-0.4, -0.2) is 10.8 Å². The Morgan fingerprint density at radius 2 is 2.00 bits per heavy atom. The summed E-state index contributed by atoms with van der Waals surface area (Å²) in [5, 5.41) is 1.54. The van der Waals surface area contributed by atoms with E-state index in [0.29, 0.717) is 10.6 Å². The summed E-state index contributed by atoms with van der Waals surface area (Å²) in [5.74, 6) is 0.126. The van der Waals surface area contributed by atoms with Gasteiger partial charge in [0.1, 0.15) is 0 Å². The average molecular weight is 236 g/mol. The molecule has 0 spiro atoms. The zero-order chi connectivity index (χ0) is 11.9. The third-order valence-electron chi connectivity index (χ3n) is 2.59. The van der Waals surface area contributed by atoms with Gasteiger partial charge in [-0.25, -0.2) is 0 Å². The Kier molecular flexibility index (Phi) is 2.55. The van der Waals surface area contributed by atoms with Gasteiger partial charge in [-0.3, -0.25) is 4.79 Å². The largest absolute Gasteiger partial charge is 0.359 e. The lowest BCUT2D eigenvalue weighted by atomic mass is 9.86. The van der Waals surface area contributed by atoms with Gasteiger partial charge in [0.2, 0.25) is 0 Å². The maximum Gasteiger partial charge on any atom is 0.170 e. The van der Waals surface area contributed by atoms with Crippen molar-refractivity contribution in [1.29, 1.82) is 0 Å². The van der Waals surface area contributed by atoms with Crippen LogP contribution in [0.3, 0.4) is 0 Å². The van der Waals surface area contributed by atoms with Gasteiger partial charge in [-0.2, -0.15) is 0 Å². The molecular formula is C13H14ClNO. The first-order chi connectivity index (χ1) is 7.41. The maximum absolute atomic E-state index is 12.2. The van der Waals surface area contributed by atoms with Gasteiger partial charge in [-0.15, -0.1) is 0 Å². The number of aromatic nitrogens is 1. The van der Waals surface area contributed by atoms with Gasteiger partial charge in [0.25, 0.3) is 0 Å². The third-order valence-corrected chi connectivity index (χ3v) is 2.91. The van der Waals surface area contributed by atoms with Crippen LogP contribution in [0.5, 0.6) is 0 Å². The highest BCUT2D eigenvalue weighted by molar-refractivity contribution is 6.35. The molecule has 0 bridgehead atoms. The van der Waals surface area contributed by atoms with E-state index in [9.17, 15) is 4.79 Å². The number of Topliss-reactive ketones (excluding diaryl/α,β-unsaturated/α-hetero) is 1. The molecule has 3 heteroatoms. The van der Waals surface area contributed by atoms with E-state index in [1.807, 2.05) is 39.0 Å². The van der Waals surface area contributed by atoms with Crippen molar-refractivity contribution in [1.82, 2.24) is 4.98 Å². The van der Waals surface area contributed by atoms with Crippen LogP contribution in [0.15, 0.2) is 24.4 Å². The van der Waals surface area contributed by atoms with Gasteiger partial charge in [0.15, 0.2) is 5.78 Å². The van der Waals surface area contributed by atoms with Gasteiger partial charge >= 0.3 is 0 Å². The molecule has 0 aliphatic heterocycles. The lowest BCUT2D eigenvalue weighted by molar-refractivity contribution is 0.0860. The summed E-state index contributed by atoms with van der Waals surface area (Å²) < 4.78 is 0. The molecule has 0 atom stereocenters. The number of aromatic amines is 1. The molecule has 0 fully saturated rings. The third kappa shape index (κ3) is 1.74. The highest BCUT2D eigenvalue weighted by Crippen LogP contribution is 2.29. The molecule has 84 valence electrons. The van der Waals surface area contributed by atoms with Crippen molar-refractivity contribution in [3.8, 4) is 0 Å². The van der Waals surface area contributed by atoms with E-state index in [1.54, 1.807) is 6.20 Å². The minimum absolute atomic E-state index is 0.126. The summed E-state index contributed by atoms with van der Waals surface area (Å²) in [6, 6.07) is 5.58. The monoisotopic (exact) mass is 235 g/mol. The SMILES string of the molecule is CC(C)(C)C(=O)c1c[nH]c2c(Cl)cccc12. The Morgan fingerprint density at radius 3 is 2.62 bits per heavy atom. The zero-order valence-corrected chi connectivity index (χ0v) is 10.4. The van der Waals surface area contributed by atoms with Gasteiger partial charge < -0.3 is 4.98 Å². The topological polar surface area (TPSA) is 32.9 Å². The molecule has 0 aliphatic rings. The van der Waals surface area contributed by atoms with Crippen LogP contribution < -0.4 is 0 Å². The van der Waals surface area contributed by atoms with Crippen molar-refractivity contribution < 1.29 is 4.79 Å². The molecule has 0 aliphatic carbocycles. The van der Waals surface area contributed by atoms with Crippen molar-refractivity contribution in [3.05, 3.63) is 35.0 Å². The van der Waals surface area contributed by atoms with Crippen LogP contribution in [0.2, 0.25) is 5.02 Å². The molecule has 0 saturated carbocycles. The second-order valence-electron chi connectivity index (χ2n) is 4.94. The fraction of sp³-hybridized carbons (Fsp3) is 0.308. The van der Waals surface area contributed by atoms with E-state index < -0.39 is 0 Å². The van der Waals surface area contributed by atoms with E-state index in [2.05, 4.69) is 4.98 Å². The Balaban J connectivity index is 2.64. The number of hydrogen-bond acceptors (Lipinski definition) is 1. The molecule has 2 rings (SSSR count). The van der Waals surface area contributed by atoms with Crippen molar-refractivity contribution >= 4 is 28.3 Å². The van der Waals surface area contributed by atoms with Crippen LogP contribution >= 0.6 is 11.6 Å². The molecule has 2 nitrogen and oxygen atoms in total. The number of para-hydroxylation sites is 1. The molecule has 0 radical (unpaired) electrons. The van der Waals surface area contributed by atoms with E-state index in [-0.39, 0.29) is 11.2 Å². The van der Waals surface area contributed by atoms with Crippen molar-refractivity contribution in [2.75, 3.05) is 0 Å². The molecule has 2 aromatic rings. The predicted molar refractivity (Wildman–Crippen MR) is 67.1 cm³/mol. The summed E-state index contributed by atoms with van der Waals surface area (Å²) in [7, 11) is 0. The van der Waals surface area contributed by atoms with Gasteiger partial charge in [-0.05, 0) is 6.07 Å². The number of halogens is 1. The maximum atomic E-state index is 12.2. The van der Waals surface area contributed by atoms with Crippen molar-refractivity contribution in [2.24, 2.45) is 5.41 Å². The van der Waals surface area contributed by atoms with Crippen molar-refractivity contribution in [2.45, 2.75) is 20.8 Å². The first-order valence-corrected chi connectivity index (χ1v) is 5.59. The lowest BCUT2D eigenvalue weighted by Crippen LogP contribution is -2.19. The van der Waals surface area contributed by atoms with Gasteiger partial charge in [0, 0.05) is 22.6 Å². The lowest BCUT2D eigenvalue weighted by Gasteiger charge is -2.15. The molecule has 0 amide bonds. The van der Waals surface area contributed by atoms with Gasteiger partial charge in [-0.1, -0.05) is 44.5 Å². The second kappa shape index (κ2) is 3.63. The fourth-order valence-electron chi connectivity index (χ4n) is 1.71.